The molecule has 7 heteroatoms. The van der Waals surface area contributed by atoms with Crippen LogP contribution in [0.3, 0.4) is 0 Å². The van der Waals surface area contributed by atoms with Crippen LogP contribution in [-0.4, -0.2) is 48.8 Å². The van der Waals surface area contributed by atoms with Crippen molar-refractivity contribution in [3.8, 4) is 0 Å². The van der Waals surface area contributed by atoms with E-state index in [0.717, 1.165) is 0 Å². The van der Waals surface area contributed by atoms with Gasteiger partial charge in [-0.3, -0.25) is 9.59 Å². The van der Waals surface area contributed by atoms with E-state index in [-0.39, 0.29) is 18.8 Å². The summed E-state index contributed by atoms with van der Waals surface area (Å²) in [4.78, 5) is 37.7. The minimum atomic E-state index is -1.52. The van der Waals surface area contributed by atoms with Crippen LogP contribution in [0.1, 0.15) is 30.6 Å². The lowest BCUT2D eigenvalue weighted by molar-refractivity contribution is -0.161. The molecular weight excluding hydrogens is 350 g/mol. The zero-order chi connectivity index (χ0) is 19.7. The Morgan fingerprint density at radius 3 is 2.52 bits per heavy atom. The Balaban J connectivity index is 1.99. The van der Waals surface area contributed by atoms with Crippen LogP contribution < -0.4 is 5.32 Å². The van der Waals surface area contributed by atoms with Gasteiger partial charge in [-0.2, -0.15) is 0 Å². The molecule has 1 aromatic carbocycles. The van der Waals surface area contributed by atoms with E-state index < -0.39 is 35.2 Å². The number of methoxy groups -OCH3 is 1. The number of allylic oxidation sites excluding steroid dienone is 1. The summed E-state index contributed by atoms with van der Waals surface area (Å²) in [5, 5.41) is 2.79. The van der Waals surface area contributed by atoms with E-state index in [4.69, 9.17) is 14.2 Å². The van der Waals surface area contributed by atoms with Crippen LogP contribution in [0.25, 0.3) is 0 Å². The highest BCUT2D eigenvalue weighted by atomic mass is 16.7. The molecule has 0 radical (unpaired) electrons. The monoisotopic (exact) mass is 373 g/mol. The average molecular weight is 373 g/mol. The topological polar surface area (TPSA) is 90.9 Å². The van der Waals surface area contributed by atoms with Crippen molar-refractivity contribution >= 4 is 17.7 Å². The van der Waals surface area contributed by atoms with Crippen molar-refractivity contribution in [3.63, 3.8) is 0 Å². The average Bonchev–Trinajstić information content (AvgIpc) is 3.02. The Bertz CT molecular complexity index is 772. The highest BCUT2D eigenvalue weighted by Crippen LogP contribution is 2.38. The van der Waals surface area contributed by atoms with Crippen molar-refractivity contribution in [1.82, 2.24) is 5.32 Å². The van der Waals surface area contributed by atoms with E-state index in [1.807, 2.05) is 0 Å². The molecule has 1 fully saturated rings. The molecule has 1 aliphatic heterocycles. The van der Waals surface area contributed by atoms with Crippen LogP contribution in [0.4, 0.5) is 0 Å². The molecule has 0 saturated carbocycles. The number of ether oxygens (including phenoxy) is 3. The fourth-order valence-corrected chi connectivity index (χ4v) is 3.56. The van der Waals surface area contributed by atoms with Crippen molar-refractivity contribution in [2.45, 2.75) is 37.7 Å². The molecule has 0 spiro atoms. The van der Waals surface area contributed by atoms with Crippen molar-refractivity contribution in [2.75, 3.05) is 13.7 Å². The van der Waals surface area contributed by atoms with Crippen molar-refractivity contribution in [1.29, 1.82) is 0 Å². The Hall–Kier alpha value is -2.51. The summed E-state index contributed by atoms with van der Waals surface area (Å²) in [6, 6.07) is 8.54. The minimum absolute atomic E-state index is 0.0325. The van der Waals surface area contributed by atoms with E-state index >= 15 is 0 Å². The molecule has 1 amide bonds. The van der Waals surface area contributed by atoms with Gasteiger partial charge in [0.2, 0.25) is 0 Å². The standard InChI is InChI=1S/C20H23NO6/c1-19(2)26-12-16(27-19)15-11-14(22)9-10-20(15,18(24)25-3)21-17(23)13-7-5-4-6-8-13/h4-10,15-16H,11-12H2,1-3H3,(H,21,23)/t15-,16+,20+/m0/s1. The number of esters is 1. The summed E-state index contributed by atoms with van der Waals surface area (Å²) < 4.78 is 16.5. The number of carbonyl (C=O) groups excluding carboxylic acids is 3. The Morgan fingerprint density at radius 1 is 1.22 bits per heavy atom. The van der Waals surface area contributed by atoms with Crippen LogP contribution >= 0.6 is 0 Å². The van der Waals surface area contributed by atoms with Gasteiger partial charge in [0.15, 0.2) is 17.1 Å². The fourth-order valence-electron chi connectivity index (χ4n) is 3.56. The van der Waals surface area contributed by atoms with E-state index in [1.54, 1.807) is 44.2 Å². The number of benzene rings is 1. The molecule has 144 valence electrons. The van der Waals surface area contributed by atoms with Crippen LogP contribution in [0.15, 0.2) is 42.5 Å². The minimum Gasteiger partial charge on any atom is -0.467 e. The van der Waals surface area contributed by atoms with E-state index in [2.05, 4.69) is 5.32 Å². The maximum absolute atomic E-state index is 12.8. The molecule has 3 atom stereocenters. The van der Waals surface area contributed by atoms with Gasteiger partial charge >= 0.3 is 5.97 Å². The number of ketones is 1. The van der Waals surface area contributed by atoms with Gasteiger partial charge in [-0.15, -0.1) is 0 Å². The molecule has 0 unspecified atom stereocenters. The first-order chi connectivity index (χ1) is 12.8. The maximum Gasteiger partial charge on any atom is 0.336 e. The van der Waals surface area contributed by atoms with Gasteiger partial charge in [0.25, 0.3) is 5.91 Å². The van der Waals surface area contributed by atoms with Gasteiger partial charge in [-0.1, -0.05) is 18.2 Å². The van der Waals surface area contributed by atoms with Gasteiger partial charge in [0.1, 0.15) is 0 Å². The second kappa shape index (κ2) is 7.25. The predicted octanol–water partition coefficient (Wildman–Crippen LogP) is 1.62. The SMILES string of the molecule is COC(=O)[C@@]1(NC(=O)c2ccccc2)C=CC(=O)C[C@H]1[C@H]1COC(C)(C)O1. The molecule has 0 aromatic heterocycles. The van der Waals surface area contributed by atoms with Crippen LogP contribution in [-0.2, 0) is 23.8 Å². The van der Waals surface area contributed by atoms with Gasteiger partial charge in [-0.05, 0) is 38.1 Å². The molecule has 7 nitrogen and oxygen atoms in total. The number of carbonyl (C=O) groups is 3. The summed E-state index contributed by atoms with van der Waals surface area (Å²) in [6.45, 7) is 3.73. The number of amides is 1. The van der Waals surface area contributed by atoms with Crippen LogP contribution in [0.2, 0.25) is 0 Å². The van der Waals surface area contributed by atoms with Crippen LogP contribution in [0.5, 0.6) is 0 Å². The van der Waals surface area contributed by atoms with Crippen molar-refractivity contribution in [3.05, 3.63) is 48.0 Å². The molecule has 3 rings (SSSR count). The summed E-state index contributed by atoms with van der Waals surface area (Å²) >= 11 is 0. The van der Waals surface area contributed by atoms with Gasteiger partial charge < -0.3 is 19.5 Å². The first kappa shape index (κ1) is 19.3. The molecular formula is C20H23NO6. The molecule has 1 aliphatic carbocycles. The van der Waals surface area contributed by atoms with Gasteiger partial charge in [-0.25, -0.2) is 4.79 Å². The maximum atomic E-state index is 12.8. The second-order valence-electron chi connectivity index (χ2n) is 7.16. The number of hydrogen-bond acceptors (Lipinski definition) is 6. The summed E-state index contributed by atoms with van der Waals surface area (Å²) in [5.41, 5.74) is -1.13. The van der Waals surface area contributed by atoms with Crippen LogP contribution in [0, 0.1) is 5.92 Å². The zero-order valence-electron chi connectivity index (χ0n) is 15.6. The Labute approximate surface area is 157 Å². The van der Waals surface area contributed by atoms with E-state index in [1.165, 1.54) is 19.3 Å². The Kier molecular flexibility index (Phi) is 5.17. The number of nitrogens with one attached hydrogen (secondary N) is 1. The lowest BCUT2D eigenvalue weighted by Crippen LogP contribution is -2.63. The van der Waals surface area contributed by atoms with Crippen molar-refractivity contribution in [2.24, 2.45) is 5.92 Å². The summed E-state index contributed by atoms with van der Waals surface area (Å²) in [6.07, 6.45) is 2.19. The lowest BCUT2D eigenvalue weighted by atomic mass is 9.73. The Morgan fingerprint density at radius 2 is 1.93 bits per heavy atom. The molecule has 27 heavy (non-hydrogen) atoms. The van der Waals surface area contributed by atoms with Gasteiger partial charge in [0, 0.05) is 17.9 Å². The highest BCUT2D eigenvalue weighted by molar-refractivity contribution is 6.02. The lowest BCUT2D eigenvalue weighted by Gasteiger charge is -2.40. The molecule has 1 heterocycles. The first-order valence-electron chi connectivity index (χ1n) is 8.77. The van der Waals surface area contributed by atoms with E-state index in [0.29, 0.717) is 5.56 Å². The third-order valence-corrected chi connectivity index (χ3v) is 4.90. The number of rotatable bonds is 4. The smallest absolute Gasteiger partial charge is 0.336 e. The van der Waals surface area contributed by atoms with Gasteiger partial charge in [0.05, 0.1) is 19.8 Å². The van der Waals surface area contributed by atoms with Crippen molar-refractivity contribution < 1.29 is 28.6 Å². The molecule has 1 saturated heterocycles. The first-order valence-corrected chi connectivity index (χ1v) is 8.77. The normalized spacial score (nSPS) is 29.4. The highest BCUT2D eigenvalue weighted by Gasteiger charge is 2.54. The fraction of sp³-hybridized carbons (Fsp3) is 0.450. The molecule has 2 aliphatic rings. The number of hydrogen-bond donors (Lipinski definition) is 1. The largest absolute Gasteiger partial charge is 0.467 e. The third-order valence-electron chi connectivity index (χ3n) is 4.90. The zero-order valence-corrected chi connectivity index (χ0v) is 15.6. The molecule has 0 bridgehead atoms. The second-order valence-corrected chi connectivity index (χ2v) is 7.16. The summed E-state index contributed by atoms with van der Waals surface area (Å²) in [7, 11) is 1.25. The molecule has 1 aromatic rings. The predicted molar refractivity (Wildman–Crippen MR) is 95.8 cm³/mol. The third kappa shape index (κ3) is 3.79. The summed E-state index contributed by atoms with van der Waals surface area (Å²) in [5.74, 6) is -2.74. The molecule has 1 N–H and O–H groups in total. The quantitative estimate of drug-likeness (QED) is 0.807. The van der Waals surface area contributed by atoms with E-state index in [9.17, 15) is 14.4 Å².